The van der Waals surface area contributed by atoms with Crippen LogP contribution in [0, 0.1) is 0 Å². The van der Waals surface area contributed by atoms with Gasteiger partial charge in [-0.15, -0.1) is 11.3 Å². The van der Waals surface area contributed by atoms with Crippen molar-refractivity contribution < 1.29 is 0 Å². The molecule has 20 heavy (non-hydrogen) atoms. The van der Waals surface area contributed by atoms with Gasteiger partial charge in [-0.1, -0.05) is 49.9 Å². The first kappa shape index (κ1) is 14.1. The third kappa shape index (κ3) is 2.91. The summed E-state index contributed by atoms with van der Waals surface area (Å²) in [5.41, 5.74) is 2.61. The molecule has 0 amide bonds. The SMILES string of the molecule is CCc1nc(C2CCCCC2)c(-c2ccc(Cl)cc2)s1. The van der Waals surface area contributed by atoms with Gasteiger partial charge in [-0.2, -0.15) is 0 Å². The minimum Gasteiger partial charge on any atom is -0.245 e. The number of rotatable bonds is 3. The molecule has 0 unspecified atom stereocenters. The van der Waals surface area contributed by atoms with E-state index in [4.69, 9.17) is 16.6 Å². The van der Waals surface area contributed by atoms with Crippen LogP contribution < -0.4 is 0 Å². The topological polar surface area (TPSA) is 12.9 Å². The molecule has 1 nitrogen and oxygen atoms in total. The molecule has 1 heterocycles. The lowest BCUT2D eigenvalue weighted by atomic mass is 9.86. The summed E-state index contributed by atoms with van der Waals surface area (Å²) >= 11 is 7.87. The molecule has 0 aliphatic heterocycles. The highest BCUT2D eigenvalue weighted by Crippen LogP contribution is 2.41. The van der Waals surface area contributed by atoms with Gasteiger partial charge < -0.3 is 0 Å². The number of aryl methyl sites for hydroxylation is 1. The van der Waals surface area contributed by atoms with E-state index in [1.54, 1.807) is 0 Å². The molecule has 0 saturated heterocycles. The largest absolute Gasteiger partial charge is 0.245 e. The van der Waals surface area contributed by atoms with Crippen molar-refractivity contribution in [1.82, 2.24) is 4.98 Å². The van der Waals surface area contributed by atoms with E-state index >= 15 is 0 Å². The Hall–Kier alpha value is -0.860. The summed E-state index contributed by atoms with van der Waals surface area (Å²) in [6.45, 7) is 2.19. The summed E-state index contributed by atoms with van der Waals surface area (Å²) in [5.74, 6) is 0.658. The lowest BCUT2D eigenvalue weighted by molar-refractivity contribution is 0.438. The second-order valence-electron chi connectivity index (χ2n) is 5.52. The first-order chi connectivity index (χ1) is 9.78. The quantitative estimate of drug-likeness (QED) is 0.670. The van der Waals surface area contributed by atoms with E-state index in [0.717, 1.165) is 11.4 Å². The zero-order valence-electron chi connectivity index (χ0n) is 11.9. The summed E-state index contributed by atoms with van der Waals surface area (Å²) in [6.07, 6.45) is 7.71. The summed E-state index contributed by atoms with van der Waals surface area (Å²) in [6, 6.07) is 8.21. The first-order valence-electron chi connectivity index (χ1n) is 7.53. The van der Waals surface area contributed by atoms with Gasteiger partial charge in [0.25, 0.3) is 0 Å². The van der Waals surface area contributed by atoms with Crippen molar-refractivity contribution in [3.05, 3.63) is 40.0 Å². The van der Waals surface area contributed by atoms with Crippen LogP contribution in [0.2, 0.25) is 5.02 Å². The lowest BCUT2D eigenvalue weighted by Crippen LogP contribution is -2.06. The third-order valence-corrected chi connectivity index (χ3v) is 5.61. The van der Waals surface area contributed by atoms with Crippen LogP contribution in [0.3, 0.4) is 0 Å². The Morgan fingerprint density at radius 2 is 1.85 bits per heavy atom. The average molecular weight is 306 g/mol. The second-order valence-corrected chi connectivity index (χ2v) is 7.04. The van der Waals surface area contributed by atoms with E-state index in [9.17, 15) is 0 Å². The van der Waals surface area contributed by atoms with Crippen molar-refractivity contribution in [3.8, 4) is 10.4 Å². The van der Waals surface area contributed by atoms with Crippen molar-refractivity contribution in [2.75, 3.05) is 0 Å². The molecule has 1 saturated carbocycles. The Morgan fingerprint density at radius 3 is 2.50 bits per heavy atom. The van der Waals surface area contributed by atoms with Crippen molar-refractivity contribution in [2.45, 2.75) is 51.4 Å². The van der Waals surface area contributed by atoms with Crippen molar-refractivity contribution in [1.29, 1.82) is 0 Å². The third-order valence-electron chi connectivity index (χ3n) is 4.10. The van der Waals surface area contributed by atoms with Crippen LogP contribution in [0.5, 0.6) is 0 Å². The highest BCUT2D eigenvalue weighted by Gasteiger charge is 2.23. The summed E-state index contributed by atoms with van der Waals surface area (Å²) < 4.78 is 0. The van der Waals surface area contributed by atoms with Crippen molar-refractivity contribution in [3.63, 3.8) is 0 Å². The molecule has 106 valence electrons. The second kappa shape index (κ2) is 6.28. The standard InChI is InChI=1S/C17H20ClNS/c1-2-15-19-16(12-6-4-3-5-7-12)17(20-15)13-8-10-14(18)11-9-13/h8-12H,2-7H2,1H3. The minimum absolute atomic E-state index is 0.658. The lowest BCUT2D eigenvalue weighted by Gasteiger charge is -2.21. The normalized spacial score (nSPS) is 16.5. The molecule has 1 aliphatic rings. The predicted octanol–water partition coefficient (Wildman–Crippen LogP) is 6.07. The van der Waals surface area contributed by atoms with Gasteiger partial charge in [-0.3, -0.25) is 0 Å². The van der Waals surface area contributed by atoms with Gasteiger partial charge in [0.1, 0.15) is 0 Å². The maximum absolute atomic E-state index is 6.01. The van der Waals surface area contributed by atoms with Crippen LogP contribution >= 0.6 is 22.9 Å². The van der Waals surface area contributed by atoms with E-state index in [0.29, 0.717) is 5.92 Å². The van der Waals surface area contributed by atoms with Gasteiger partial charge in [0.2, 0.25) is 0 Å². The van der Waals surface area contributed by atoms with Gasteiger partial charge in [0, 0.05) is 10.9 Å². The van der Waals surface area contributed by atoms with Crippen LogP contribution in [0.15, 0.2) is 24.3 Å². The highest BCUT2D eigenvalue weighted by molar-refractivity contribution is 7.15. The van der Waals surface area contributed by atoms with Crippen LogP contribution in [0.25, 0.3) is 10.4 Å². The Morgan fingerprint density at radius 1 is 1.15 bits per heavy atom. The fourth-order valence-corrected chi connectivity index (χ4v) is 4.21. The molecule has 1 aromatic carbocycles. The van der Waals surface area contributed by atoms with Crippen LogP contribution in [0.1, 0.15) is 55.6 Å². The number of hydrogen-bond donors (Lipinski definition) is 0. The summed E-state index contributed by atoms with van der Waals surface area (Å²) in [4.78, 5) is 6.30. The van der Waals surface area contributed by atoms with Gasteiger partial charge in [-0.05, 0) is 37.0 Å². The number of thiazole rings is 1. The Kier molecular flexibility index (Phi) is 4.42. The molecule has 0 spiro atoms. The van der Waals surface area contributed by atoms with Crippen LogP contribution in [-0.4, -0.2) is 4.98 Å². The molecule has 0 atom stereocenters. The molecule has 1 aliphatic carbocycles. The number of hydrogen-bond acceptors (Lipinski definition) is 2. The maximum Gasteiger partial charge on any atom is 0.0932 e. The Labute approximate surface area is 130 Å². The zero-order chi connectivity index (χ0) is 13.9. The van der Waals surface area contributed by atoms with Crippen molar-refractivity contribution >= 4 is 22.9 Å². The van der Waals surface area contributed by atoms with Crippen LogP contribution in [-0.2, 0) is 6.42 Å². The van der Waals surface area contributed by atoms with Gasteiger partial charge >= 0.3 is 0 Å². The zero-order valence-corrected chi connectivity index (χ0v) is 13.4. The molecule has 1 fully saturated rings. The monoisotopic (exact) mass is 305 g/mol. The number of nitrogens with zero attached hydrogens (tertiary/aromatic N) is 1. The Balaban J connectivity index is 1.99. The van der Waals surface area contributed by atoms with Gasteiger partial charge in [0.05, 0.1) is 15.6 Å². The molecule has 0 bridgehead atoms. The van der Waals surface area contributed by atoms with E-state index in [2.05, 4.69) is 19.1 Å². The number of aromatic nitrogens is 1. The predicted molar refractivity (Wildman–Crippen MR) is 87.8 cm³/mol. The molecule has 0 radical (unpaired) electrons. The van der Waals surface area contributed by atoms with E-state index in [1.165, 1.54) is 53.2 Å². The van der Waals surface area contributed by atoms with E-state index < -0.39 is 0 Å². The number of halogens is 1. The fraction of sp³-hybridized carbons (Fsp3) is 0.471. The fourth-order valence-electron chi connectivity index (χ4n) is 2.99. The molecule has 1 aromatic heterocycles. The van der Waals surface area contributed by atoms with E-state index in [1.807, 2.05) is 23.5 Å². The summed E-state index contributed by atoms with van der Waals surface area (Å²) in [7, 11) is 0. The number of benzene rings is 1. The molecule has 2 aromatic rings. The minimum atomic E-state index is 0.658. The highest BCUT2D eigenvalue weighted by atomic mass is 35.5. The Bertz CT molecular complexity index is 567. The van der Waals surface area contributed by atoms with Crippen molar-refractivity contribution in [2.24, 2.45) is 0 Å². The summed E-state index contributed by atoms with van der Waals surface area (Å²) in [5, 5.41) is 2.06. The molecular formula is C17H20ClNS. The smallest absolute Gasteiger partial charge is 0.0932 e. The molecule has 0 N–H and O–H groups in total. The first-order valence-corrected chi connectivity index (χ1v) is 8.73. The van der Waals surface area contributed by atoms with Crippen LogP contribution in [0.4, 0.5) is 0 Å². The van der Waals surface area contributed by atoms with Gasteiger partial charge in [-0.25, -0.2) is 4.98 Å². The molecule has 3 rings (SSSR count). The maximum atomic E-state index is 6.01. The van der Waals surface area contributed by atoms with E-state index in [-0.39, 0.29) is 0 Å². The molecular weight excluding hydrogens is 286 g/mol. The molecule has 3 heteroatoms. The van der Waals surface area contributed by atoms with Gasteiger partial charge in [0.15, 0.2) is 0 Å². The average Bonchev–Trinajstić information content (AvgIpc) is 2.93.